The molecule has 1 fully saturated rings. The van der Waals surface area contributed by atoms with Crippen LogP contribution in [0.5, 0.6) is 0 Å². The third-order valence-corrected chi connectivity index (χ3v) is 6.54. The van der Waals surface area contributed by atoms with E-state index in [1.165, 1.54) is 32.2 Å². The van der Waals surface area contributed by atoms with Gasteiger partial charge in [0.15, 0.2) is 0 Å². The maximum atomic E-state index is 11.7. The van der Waals surface area contributed by atoms with Gasteiger partial charge in [0.2, 0.25) is 0 Å². The lowest BCUT2D eigenvalue weighted by atomic mass is 9.88. The summed E-state index contributed by atoms with van der Waals surface area (Å²) in [6, 6.07) is 5.60. The van der Waals surface area contributed by atoms with Gasteiger partial charge in [-0.2, -0.15) is 0 Å². The molecule has 2 N–H and O–H groups in total. The highest BCUT2D eigenvalue weighted by Gasteiger charge is 2.38. The van der Waals surface area contributed by atoms with Crippen molar-refractivity contribution < 1.29 is 13.7 Å². The van der Waals surface area contributed by atoms with Crippen molar-refractivity contribution in [3.05, 3.63) is 18.2 Å². The third-order valence-electron chi connectivity index (χ3n) is 5.57. The van der Waals surface area contributed by atoms with Crippen LogP contribution < -0.4 is 10.0 Å². The van der Waals surface area contributed by atoms with Crippen LogP contribution in [0.15, 0.2) is 23.2 Å². The summed E-state index contributed by atoms with van der Waals surface area (Å²) in [7, 11) is 2.71. The summed E-state index contributed by atoms with van der Waals surface area (Å²) in [6.45, 7) is 12.7. The average Bonchev–Trinajstić information content (AvgIpc) is 2.98. The van der Waals surface area contributed by atoms with Crippen LogP contribution in [0.1, 0.15) is 66.7 Å². The molecule has 3 atom stereocenters. The molecule has 0 amide bonds. The smallest absolute Gasteiger partial charge is 0.293 e. The number of hydrogen-bond acceptors (Lipinski definition) is 6. The van der Waals surface area contributed by atoms with E-state index in [4.69, 9.17) is 0 Å². The molecule has 8 heteroatoms. The van der Waals surface area contributed by atoms with Gasteiger partial charge in [0.05, 0.1) is 0 Å². The molecule has 2 heterocycles. The lowest BCUT2D eigenvalue weighted by molar-refractivity contribution is -0.138. The first-order valence-corrected chi connectivity index (χ1v) is 12.3. The lowest BCUT2D eigenvalue weighted by Crippen LogP contribution is -2.37. The molecule has 2 rings (SSSR count). The van der Waals surface area contributed by atoms with Gasteiger partial charge in [0, 0.05) is 18.6 Å². The van der Waals surface area contributed by atoms with Gasteiger partial charge in [-0.25, -0.2) is 13.9 Å². The number of rotatable bonds is 10. The fraction of sp³-hybridized carbons (Fsp3) is 0.739. The third kappa shape index (κ3) is 10.1. The molecule has 0 radical (unpaired) electrons. The quantitative estimate of drug-likeness (QED) is 0.411. The fourth-order valence-electron chi connectivity index (χ4n) is 3.95. The van der Waals surface area contributed by atoms with Crippen LogP contribution in [0.4, 0.5) is 5.82 Å². The number of carbonyl (C=O) groups excluding carboxylic acids is 1. The Morgan fingerprint density at radius 2 is 2.10 bits per heavy atom. The zero-order valence-corrected chi connectivity index (χ0v) is 21.2. The SMILES string of the molecule is CC(C)(C)OC=O.CCCC1(C)CC(CCCNc2cccc(S(=O)NC)n2)CN1C. The lowest BCUT2D eigenvalue weighted by Gasteiger charge is -2.31. The molecule has 0 spiro atoms. The first kappa shape index (κ1) is 27.5. The van der Waals surface area contributed by atoms with E-state index < -0.39 is 11.0 Å². The molecule has 1 aliphatic rings. The predicted molar refractivity (Wildman–Crippen MR) is 128 cm³/mol. The number of aromatic nitrogens is 1. The van der Waals surface area contributed by atoms with E-state index in [-0.39, 0.29) is 5.60 Å². The van der Waals surface area contributed by atoms with Crippen LogP contribution in [-0.4, -0.2) is 58.9 Å². The molecule has 1 saturated heterocycles. The van der Waals surface area contributed by atoms with Crippen LogP contribution in [0.3, 0.4) is 0 Å². The highest BCUT2D eigenvalue weighted by molar-refractivity contribution is 7.82. The number of likely N-dealkylation sites (tertiary alicyclic amines) is 1. The van der Waals surface area contributed by atoms with Crippen LogP contribution in [0, 0.1) is 5.92 Å². The van der Waals surface area contributed by atoms with E-state index in [1.807, 2.05) is 32.9 Å². The molecule has 178 valence electrons. The minimum atomic E-state index is -1.23. The summed E-state index contributed by atoms with van der Waals surface area (Å²) in [5, 5.41) is 3.92. The molecule has 1 aromatic heterocycles. The Bertz CT molecular complexity index is 696. The predicted octanol–water partition coefficient (Wildman–Crippen LogP) is 3.98. The monoisotopic (exact) mass is 454 g/mol. The second-order valence-electron chi connectivity index (χ2n) is 9.43. The average molecular weight is 455 g/mol. The van der Waals surface area contributed by atoms with Crippen molar-refractivity contribution in [1.82, 2.24) is 14.6 Å². The van der Waals surface area contributed by atoms with Gasteiger partial charge in [-0.3, -0.25) is 4.79 Å². The molecule has 0 bridgehead atoms. The normalized spacial score (nSPS) is 22.4. The van der Waals surface area contributed by atoms with Crippen LogP contribution >= 0.6 is 0 Å². The summed E-state index contributed by atoms with van der Waals surface area (Å²) in [4.78, 5) is 16.5. The summed E-state index contributed by atoms with van der Waals surface area (Å²) >= 11 is 0. The number of carbonyl (C=O) groups is 1. The molecule has 1 aromatic rings. The molecule has 31 heavy (non-hydrogen) atoms. The minimum absolute atomic E-state index is 0.318. The van der Waals surface area contributed by atoms with E-state index in [0.29, 0.717) is 17.0 Å². The van der Waals surface area contributed by atoms with Crippen molar-refractivity contribution >= 4 is 23.3 Å². The van der Waals surface area contributed by atoms with Crippen molar-refractivity contribution in [2.75, 3.05) is 32.5 Å². The van der Waals surface area contributed by atoms with Crippen molar-refractivity contribution in [3.8, 4) is 0 Å². The second kappa shape index (κ2) is 13.1. The fourth-order valence-corrected chi connectivity index (χ4v) is 4.54. The summed E-state index contributed by atoms with van der Waals surface area (Å²) in [6.07, 6.45) is 6.25. The molecule has 0 aromatic carbocycles. The summed E-state index contributed by atoms with van der Waals surface area (Å²) < 4.78 is 19.0. The van der Waals surface area contributed by atoms with Crippen LogP contribution in [0.2, 0.25) is 0 Å². The first-order chi connectivity index (χ1) is 14.5. The van der Waals surface area contributed by atoms with Crippen molar-refractivity contribution in [3.63, 3.8) is 0 Å². The molecule has 0 aliphatic carbocycles. The van der Waals surface area contributed by atoms with Gasteiger partial charge in [0.1, 0.15) is 27.4 Å². The van der Waals surface area contributed by atoms with Gasteiger partial charge < -0.3 is 15.0 Å². The van der Waals surface area contributed by atoms with Gasteiger partial charge in [-0.05, 0) is 85.5 Å². The number of ether oxygens (including phenoxy) is 1. The first-order valence-electron chi connectivity index (χ1n) is 11.2. The maximum absolute atomic E-state index is 11.7. The molecule has 1 aliphatic heterocycles. The summed E-state index contributed by atoms with van der Waals surface area (Å²) in [5.41, 5.74) is 0.0711. The second-order valence-corrected chi connectivity index (χ2v) is 10.8. The van der Waals surface area contributed by atoms with Gasteiger partial charge in [0.25, 0.3) is 6.47 Å². The van der Waals surface area contributed by atoms with Crippen LogP contribution in [0.25, 0.3) is 0 Å². The molecular weight excluding hydrogens is 412 g/mol. The molecule has 0 saturated carbocycles. The number of nitrogens with one attached hydrogen (secondary N) is 2. The Morgan fingerprint density at radius 1 is 1.39 bits per heavy atom. The summed E-state index contributed by atoms with van der Waals surface area (Å²) in [5.74, 6) is 1.60. The van der Waals surface area contributed by atoms with Gasteiger partial charge in [-0.1, -0.05) is 19.4 Å². The largest absolute Gasteiger partial charge is 0.462 e. The van der Waals surface area contributed by atoms with Crippen molar-refractivity contribution in [1.29, 1.82) is 0 Å². The van der Waals surface area contributed by atoms with E-state index in [0.717, 1.165) is 24.7 Å². The minimum Gasteiger partial charge on any atom is -0.462 e. The Kier molecular flexibility index (Phi) is 11.7. The molecule has 3 unspecified atom stereocenters. The highest BCUT2D eigenvalue weighted by Crippen LogP contribution is 2.37. The Morgan fingerprint density at radius 3 is 2.65 bits per heavy atom. The van der Waals surface area contributed by atoms with Crippen molar-refractivity contribution in [2.45, 2.75) is 82.9 Å². The highest BCUT2D eigenvalue weighted by atomic mass is 32.2. The van der Waals surface area contributed by atoms with E-state index in [9.17, 15) is 9.00 Å². The van der Waals surface area contributed by atoms with E-state index >= 15 is 0 Å². The number of pyridine rings is 1. The van der Waals surface area contributed by atoms with Gasteiger partial charge >= 0.3 is 0 Å². The Labute approximate surface area is 191 Å². The van der Waals surface area contributed by atoms with Crippen LogP contribution in [-0.2, 0) is 20.5 Å². The number of nitrogens with zero attached hydrogens (tertiary/aromatic N) is 2. The standard InChI is InChI=1S/C18H32N4OS.C5H10O2/c1-5-11-18(2)13-15(14-22(18)4)8-7-12-20-16-9-6-10-17(21-16)24(23)19-3;1-5(2,3)7-4-6/h6,9-10,15,19H,5,7-8,11-14H2,1-4H3,(H,20,21);4H,1-3H3. The molecule has 7 nitrogen and oxygen atoms in total. The Hall–Kier alpha value is -1.51. The van der Waals surface area contributed by atoms with E-state index in [2.05, 4.69) is 45.6 Å². The number of anilines is 1. The molecular formula is C23H42N4O3S. The van der Waals surface area contributed by atoms with E-state index in [1.54, 1.807) is 13.1 Å². The topological polar surface area (TPSA) is 83.6 Å². The number of hydrogen-bond donors (Lipinski definition) is 2. The Balaban J connectivity index is 0.000000592. The zero-order valence-electron chi connectivity index (χ0n) is 20.4. The zero-order chi connectivity index (χ0) is 23.5. The maximum Gasteiger partial charge on any atom is 0.293 e. The van der Waals surface area contributed by atoms with Crippen molar-refractivity contribution in [2.24, 2.45) is 5.92 Å². The van der Waals surface area contributed by atoms with Gasteiger partial charge in [-0.15, -0.1) is 0 Å².